The van der Waals surface area contributed by atoms with Gasteiger partial charge in [-0.25, -0.2) is 0 Å². The average molecular weight is 376 g/mol. The van der Waals surface area contributed by atoms with Crippen LogP contribution in [0.1, 0.15) is 69.8 Å². The van der Waals surface area contributed by atoms with Crippen LogP contribution in [0.3, 0.4) is 0 Å². The minimum absolute atomic E-state index is 0.260. The van der Waals surface area contributed by atoms with Gasteiger partial charge in [-0.1, -0.05) is 93.2 Å². The summed E-state index contributed by atoms with van der Waals surface area (Å²) in [4.78, 5) is 14.0. The third kappa shape index (κ3) is 4.01. The predicted molar refractivity (Wildman–Crippen MR) is 116 cm³/mol. The van der Waals surface area contributed by atoms with E-state index in [9.17, 15) is 4.79 Å². The molecule has 4 rings (SSSR count). The number of Topliss-reactive ketones (excluding diaryl/α,β-unsaturated/α-hetero) is 1. The molecule has 0 spiro atoms. The number of hydrogen-bond donors (Lipinski definition) is 1. The van der Waals surface area contributed by atoms with Gasteiger partial charge in [-0.2, -0.15) is 0 Å². The van der Waals surface area contributed by atoms with Crippen molar-refractivity contribution in [2.45, 2.75) is 70.8 Å². The summed E-state index contributed by atoms with van der Waals surface area (Å²) in [6.45, 7) is 0.779. The number of carbonyl (C=O) groups is 1. The molecule has 0 radical (unpaired) electrons. The van der Waals surface area contributed by atoms with E-state index in [1.54, 1.807) is 0 Å². The van der Waals surface area contributed by atoms with Crippen LogP contribution in [0.4, 0.5) is 0 Å². The molecule has 1 aromatic rings. The Balaban J connectivity index is 1.67. The van der Waals surface area contributed by atoms with Crippen LogP contribution in [-0.2, 0) is 11.3 Å². The van der Waals surface area contributed by atoms with Crippen LogP contribution >= 0.6 is 0 Å². The van der Waals surface area contributed by atoms with Crippen molar-refractivity contribution in [3.63, 3.8) is 0 Å². The van der Waals surface area contributed by atoms with Crippen molar-refractivity contribution in [3.8, 4) is 0 Å². The number of nitrogens with one attached hydrogen (secondary N) is 1. The van der Waals surface area contributed by atoms with E-state index in [0.29, 0.717) is 5.78 Å². The molecule has 0 atom stereocenters. The van der Waals surface area contributed by atoms with Crippen LogP contribution in [0.15, 0.2) is 65.9 Å². The van der Waals surface area contributed by atoms with Gasteiger partial charge in [0, 0.05) is 18.2 Å². The van der Waals surface area contributed by atoms with Gasteiger partial charge < -0.3 is 5.32 Å². The lowest BCUT2D eigenvalue weighted by atomic mass is 9.63. The Labute approximate surface area is 169 Å². The molecule has 0 aromatic heterocycles. The number of rotatable bonds is 6. The maximum Gasteiger partial charge on any atom is 0.147 e. The molecule has 3 aliphatic rings. The van der Waals surface area contributed by atoms with Crippen molar-refractivity contribution in [2.75, 3.05) is 0 Å². The third-order valence-corrected chi connectivity index (χ3v) is 6.90. The topological polar surface area (TPSA) is 29.1 Å². The quantitative estimate of drug-likeness (QED) is 0.636. The lowest BCUT2D eigenvalue weighted by molar-refractivity contribution is -0.133. The second-order valence-corrected chi connectivity index (χ2v) is 8.73. The van der Waals surface area contributed by atoms with Crippen molar-refractivity contribution in [2.24, 2.45) is 11.3 Å². The Kier molecular flexibility index (Phi) is 6.14. The highest BCUT2D eigenvalue weighted by Gasteiger charge is 2.46. The van der Waals surface area contributed by atoms with Crippen LogP contribution in [0.25, 0.3) is 0 Å². The van der Waals surface area contributed by atoms with Gasteiger partial charge >= 0.3 is 0 Å². The van der Waals surface area contributed by atoms with Crippen LogP contribution in [0.2, 0.25) is 0 Å². The zero-order valence-electron chi connectivity index (χ0n) is 17.0. The van der Waals surface area contributed by atoms with Gasteiger partial charge in [0.1, 0.15) is 5.78 Å². The van der Waals surface area contributed by atoms with E-state index in [2.05, 4.69) is 60.0 Å². The van der Waals surface area contributed by atoms with Gasteiger partial charge in [0.25, 0.3) is 0 Å². The van der Waals surface area contributed by atoms with Gasteiger partial charge in [-0.15, -0.1) is 0 Å². The highest BCUT2D eigenvalue weighted by Crippen LogP contribution is 2.47. The van der Waals surface area contributed by atoms with Crippen molar-refractivity contribution in [1.82, 2.24) is 5.32 Å². The van der Waals surface area contributed by atoms with Crippen molar-refractivity contribution in [3.05, 3.63) is 71.5 Å². The van der Waals surface area contributed by atoms with Crippen molar-refractivity contribution >= 4 is 5.78 Å². The number of benzene rings is 1. The summed E-state index contributed by atoms with van der Waals surface area (Å²) in [5.41, 5.74) is 3.35. The smallest absolute Gasteiger partial charge is 0.147 e. The normalized spacial score (nSPS) is 21.6. The van der Waals surface area contributed by atoms with E-state index in [0.717, 1.165) is 45.1 Å². The van der Waals surface area contributed by atoms with Gasteiger partial charge in [0.05, 0.1) is 5.41 Å². The monoisotopic (exact) mass is 375 g/mol. The summed E-state index contributed by atoms with van der Waals surface area (Å²) in [5.74, 6) is 0.791. The van der Waals surface area contributed by atoms with Gasteiger partial charge in [-0.3, -0.25) is 4.79 Å². The Bertz CT molecular complexity index is 745. The van der Waals surface area contributed by atoms with Crippen molar-refractivity contribution < 1.29 is 4.79 Å². The van der Waals surface area contributed by atoms with Gasteiger partial charge in [0.2, 0.25) is 0 Å². The van der Waals surface area contributed by atoms with E-state index in [4.69, 9.17) is 0 Å². The average Bonchev–Trinajstić information content (AvgIpc) is 3.30. The van der Waals surface area contributed by atoms with Crippen LogP contribution in [0, 0.1) is 11.3 Å². The summed E-state index contributed by atoms with van der Waals surface area (Å²) in [6.07, 6.45) is 20.1. The van der Waals surface area contributed by atoms with E-state index in [1.165, 1.54) is 42.5 Å². The minimum atomic E-state index is -0.316. The number of carbonyl (C=O) groups excluding carboxylic acids is 1. The Morgan fingerprint density at radius 2 is 1.54 bits per heavy atom. The molecule has 0 heterocycles. The van der Waals surface area contributed by atoms with Gasteiger partial charge in [-0.05, 0) is 36.8 Å². The molecule has 3 aliphatic carbocycles. The number of hydrogen-bond acceptors (Lipinski definition) is 2. The first-order chi connectivity index (χ1) is 13.8. The summed E-state index contributed by atoms with van der Waals surface area (Å²) in [6, 6.07) is 10.5. The second kappa shape index (κ2) is 8.94. The third-order valence-electron chi connectivity index (χ3n) is 6.90. The first-order valence-electron chi connectivity index (χ1n) is 11.2. The lowest BCUT2D eigenvalue weighted by Gasteiger charge is -2.42. The van der Waals surface area contributed by atoms with E-state index < -0.39 is 0 Å². The molecule has 2 heteroatoms. The van der Waals surface area contributed by atoms with E-state index in [-0.39, 0.29) is 11.3 Å². The summed E-state index contributed by atoms with van der Waals surface area (Å²) in [5, 5.41) is 3.76. The molecule has 2 fully saturated rings. The standard InChI is InChI=1S/C26H33NO/c28-25(23-16-6-2-7-17-23)26(18-10-3-11-19-26)24(22-14-8-9-15-22)27-20-21-12-4-1-5-13-21/h1,4-5,8-9,12-15,23,27H,2-3,6-7,10-11,16-20H2. The first kappa shape index (κ1) is 19.2. The fourth-order valence-electron chi connectivity index (χ4n) is 5.40. The fraction of sp³-hybridized carbons (Fsp3) is 0.500. The molecule has 2 saturated carbocycles. The molecule has 0 amide bonds. The molecule has 0 bridgehead atoms. The largest absolute Gasteiger partial charge is 0.383 e. The molecular weight excluding hydrogens is 342 g/mol. The first-order valence-corrected chi connectivity index (χ1v) is 11.2. The Morgan fingerprint density at radius 1 is 0.893 bits per heavy atom. The molecule has 2 nitrogen and oxygen atoms in total. The SMILES string of the molecule is O=C(C1CCCCC1)C1(C(NCc2ccccc2)=C2C=CC=C2)CCCCC1. The number of ketones is 1. The molecule has 0 unspecified atom stereocenters. The fourth-order valence-corrected chi connectivity index (χ4v) is 5.40. The minimum Gasteiger partial charge on any atom is -0.383 e. The van der Waals surface area contributed by atoms with Crippen LogP contribution in [0.5, 0.6) is 0 Å². The number of allylic oxidation sites excluding steroid dienone is 6. The molecule has 0 saturated heterocycles. The van der Waals surface area contributed by atoms with E-state index in [1.807, 2.05) is 0 Å². The maximum absolute atomic E-state index is 14.0. The van der Waals surface area contributed by atoms with Gasteiger partial charge in [0.15, 0.2) is 0 Å². The highest BCUT2D eigenvalue weighted by atomic mass is 16.1. The molecule has 28 heavy (non-hydrogen) atoms. The summed E-state index contributed by atoms with van der Waals surface area (Å²) in [7, 11) is 0. The molecule has 0 aliphatic heterocycles. The molecule has 148 valence electrons. The van der Waals surface area contributed by atoms with Crippen molar-refractivity contribution in [1.29, 1.82) is 0 Å². The Morgan fingerprint density at radius 3 is 2.21 bits per heavy atom. The summed E-state index contributed by atoms with van der Waals surface area (Å²) >= 11 is 0. The maximum atomic E-state index is 14.0. The lowest BCUT2D eigenvalue weighted by Crippen LogP contribution is -2.44. The predicted octanol–water partition coefficient (Wildman–Crippen LogP) is 6.26. The summed E-state index contributed by atoms with van der Waals surface area (Å²) < 4.78 is 0. The molecule has 1 N–H and O–H groups in total. The molecular formula is C26H33NO. The second-order valence-electron chi connectivity index (χ2n) is 8.73. The zero-order chi connectivity index (χ0) is 19.2. The zero-order valence-corrected chi connectivity index (χ0v) is 17.0. The molecule has 1 aromatic carbocycles. The van der Waals surface area contributed by atoms with Crippen LogP contribution in [-0.4, -0.2) is 5.78 Å². The van der Waals surface area contributed by atoms with E-state index >= 15 is 0 Å². The highest BCUT2D eigenvalue weighted by molar-refractivity contribution is 5.90. The van der Waals surface area contributed by atoms with Crippen LogP contribution < -0.4 is 5.32 Å². The Hall–Kier alpha value is -2.09.